The second-order valence-corrected chi connectivity index (χ2v) is 4.69. The molecule has 5 nitrogen and oxygen atoms in total. The fourth-order valence-corrected chi connectivity index (χ4v) is 2.17. The molecule has 0 fully saturated rings. The van der Waals surface area contributed by atoms with Crippen molar-refractivity contribution in [1.29, 1.82) is 0 Å². The van der Waals surface area contributed by atoms with E-state index in [0.29, 0.717) is 11.0 Å². The van der Waals surface area contributed by atoms with E-state index in [1.807, 2.05) is 13.8 Å². The number of hydrogen-bond donors (Lipinski definition) is 1. The van der Waals surface area contributed by atoms with Crippen molar-refractivity contribution in [2.24, 2.45) is 5.92 Å². The molecule has 1 aromatic carbocycles. The molecule has 1 aromatic heterocycles. The van der Waals surface area contributed by atoms with Crippen molar-refractivity contribution < 1.29 is 13.9 Å². The van der Waals surface area contributed by atoms with Crippen LogP contribution in [-0.4, -0.2) is 22.6 Å². The molecule has 0 aliphatic carbocycles. The maximum absolute atomic E-state index is 13.4. The van der Waals surface area contributed by atoms with Gasteiger partial charge in [0.25, 0.3) is 0 Å². The van der Waals surface area contributed by atoms with Gasteiger partial charge in [-0.25, -0.2) is 14.2 Å². The highest BCUT2D eigenvalue weighted by Crippen LogP contribution is 2.28. The molecule has 0 amide bonds. The van der Waals surface area contributed by atoms with Gasteiger partial charge < -0.3 is 10.5 Å². The molecule has 6 heteroatoms. The summed E-state index contributed by atoms with van der Waals surface area (Å²) in [4.78, 5) is 16.1. The second-order valence-electron chi connectivity index (χ2n) is 4.69. The molecule has 2 N–H and O–H groups in total. The van der Waals surface area contributed by atoms with Gasteiger partial charge in [-0.2, -0.15) is 0 Å². The minimum absolute atomic E-state index is 0.0598. The first kappa shape index (κ1) is 13.3. The average molecular weight is 265 g/mol. The Labute approximate surface area is 110 Å². The summed E-state index contributed by atoms with van der Waals surface area (Å²) < 4.78 is 19.7. The molecule has 2 rings (SSSR count). The third-order valence-electron chi connectivity index (χ3n) is 3.03. The second kappa shape index (κ2) is 4.87. The molecule has 0 saturated heterocycles. The molecule has 19 heavy (non-hydrogen) atoms. The summed E-state index contributed by atoms with van der Waals surface area (Å²) in [6.45, 7) is 3.73. The van der Waals surface area contributed by atoms with Crippen molar-refractivity contribution >= 4 is 23.0 Å². The van der Waals surface area contributed by atoms with Crippen LogP contribution in [0.1, 0.15) is 19.9 Å². The Morgan fingerprint density at radius 2 is 2.16 bits per heavy atom. The van der Waals surface area contributed by atoms with Gasteiger partial charge in [-0.05, 0) is 24.1 Å². The zero-order valence-electron chi connectivity index (χ0n) is 11.1. The lowest BCUT2D eigenvalue weighted by Gasteiger charge is -2.21. The van der Waals surface area contributed by atoms with Gasteiger partial charge in [-0.1, -0.05) is 13.8 Å². The van der Waals surface area contributed by atoms with E-state index >= 15 is 0 Å². The first-order valence-corrected chi connectivity index (χ1v) is 5.96. The first-order chi connectivity index (χ1) is 8.95. The van der Waals surface area contributed by atoms with Crippen LogP contribution in [-0.2, 0) is 9.53 Å². The molecule has 1 atom stereocenters. The van der Waals surface area contributed by atoms with E-state index in [1.165, 1.54) is 29.9 Å². The van der Waals surface area contributed by atoms with E-state index in [-0.39, 0.29) is 11.9 Å². The number of carbonyl (C=O) groups is 1. The number of nitrogen functional groups attached to an aromatic ring is 1. The minimum Gasteiger partial charge on any atom is -0.467 e. The van der Waals surface area contributed by atoms with Crippen molar-refractivity contribution in [3.63, 3.8) is 0 Å². The Morgan fingerprint density at radius 1 is 1.47 bits per heavy atom. The highest BCUT2D eigenvalue weighted by Gasteiger charge is 2.28. The predicted molar refractivity (Wildman–Crippen MR) is 70.0 cm³/mol. The lowest BCUT2D eigenvalue weighted by atomic mass is 10.0. The highest BCUT2D eigenvalue weighted by atomic mass is 19.1. The van der Waals surface area contributed by atoms with Crippen molar-refractivity contribution in [3.05, 3.63) is 24.0 Å². The number of anilines is 1. The number of halogens is 1. The number of nitrogens with two attached hydrogens (primary N) is 1. The number of benzene rings is 1. The Morgan fingerprint density at radius 3 is 2.74 bits per heavy atom. The summed E-state index contributed by atoms with van der Waals surface area (Å²) in [7, 11) is 1.31. The standard InChI is InChI=1S/C13H16FN3O2/c1-7(2)11(12(18)19-3)17-10-6-8(14)4-5-9(10)16-13(17)15/h4-7,11H,1-3H3,(H2,15,16). The van der Waals surface area contributed by atoms with E-state index in [2.05, 4.69) is 4.98 Å². The van der Waals surface area contributed by atoms with Gasteiger partial charge in [0.15, 0.2) is 0 Å². The fourth-order valence-electron chi connectivity index (χ4n) is 2.17. The van der Waals surface area contributed by atoms with E-state index in [1.54, 1.807) is 0 Å². The lowest BCUT2D eigenvalue weighted by molar-refractivity contribution is -0.145. The number of fused-ring (bicyclic) bond motifs is 1. The van der Waals surface area contributed by atoms with Gasteiger partial charge in [-0.15, -0.1) is 0 Å². The molecule has 1 heterocycles. The number of methoxy groups -OCH3 is 1. The molecular formula is C13H16FN3O2. The average Bonchev–Trinajstić information content (AvgIpc) is 2.66. The Kier molecular flexibility index (Phi) is 3.42. The summed E-state index contributed by atoms with van der Waals surface area (Å²) in [5.74, 6) is -0.716. The van der Waals surface area contributed by atoms with Crippen LogP contribution < -0.4 is 5.73 Å². The SMILES string of the molecule is COC(=O)C(C(C)C)n1c(N)nc2ccc(F)cc21. The normalized spacial score (nSPS) is 12.9. The van der Waals surface area contributed by atoms with Crippen LogP contribution in [0.15, 0.2) is 18.2 Å². The zero-order chi connectivity index (χ0) is 14.2. The van der Waals surface area contributed by atoms with Crippen molar-refractivity contribution in [2.45, 2.75) is 19.9 Å². The number of nitrogens with zero attached hydrogens (tertiary/aromatic N) is 2. The van der Waals surface area contributed by atoms with Gasteiger partial charge in [0.2, 0.25) is 5.95 Å². The molecule has 0 aliphatic rings. The number of ether oxygens (including phenoxy) is 1. The molecule has 102 valence electrons. The summed E-state index contributed by atoms with van der Waals surface area (Å²) >= 11 is 0. The molecule has 2 aromatic rings. The summed E-state index contributed by atoms with van der Waals surface area (Å²) in [6.07, 6.45) is 0. The quantitative estimate of drug-likeness (QED) is 0.863. The molecule has 0 spiro atoms. The summed E-state index contributed by atoms with van der Waals surface area (Å²) in [5, 5.41) is 0. The van der Waals surface area contributed by atoms with Crippen LogP contribution in [0.3, 0.4) is 0 Å². The van der Waals surface area contributed by atoms with Crippen molar-refractivity contribution in [2.75, 3.05) is 12.8 Å². The van der Waals surface area contributed by atoms with E-state index < -0.39 is 17.8 Å². The maximum atomic E-state index is 13.4. The molecule has 0 aliphatic heterocycles. The van der Waals surface area contributed by atoms with Crippen LogP contribution in [0.25, 0.3) is 11.0 Å². The Hall–Kier alpha value is -2.11. The van der Waals surface area contributed by atoms with Gasteiger partial charge >= 0.3 is 5.97 Å². The minimum atomic E-state index is -0.628. The number of imidazole rings is 1. The largest absolute Gasteiger partial charge is 0.467 e. The topological polar surface area (TPSA) is 70.1 Å². The third kappa shape index (κ3) is 2.25. The van der Waals surface area contributed by atoms with E-state index in [0.717, 1.165) is 0 Å². The number of rotatable bonds is 3. The lowest BCUT2D eigenvalue weighted by Crippen LogP contribution is -2.26. The van der Waals surface area contributed by atoms with Crippen LogP contribution in [0.5, 0.6) is 0 Å². The van der Waals surface area contributed by atoms with Crippen LogP contribution >= 0.6 is 0 Å². The van der Waals surface area contributed by atoms with Crippen molar-refractivity contribution in [1.82, 2.24) is 9.55 Å². The Balaban J connectivity index is 2.68. The molecular weight excluding hydrogens is 249 g/mol. The van der Waals surface area contributed by atoms with Crippen LogP contribution in [0.4, 0.5) is 10.3 Å². The zero-order valence-corrected chi connectivity index (χ0v) is 11.1. The van der Waals surface area contributed by atoms with Crippen LogP contribution in [0, 0.1) is 11.7 Å². The smallest absolute Gasteiger partial charge is 0.329 e. The first-order valence-electron chi connectivity index (χ1n) is 5.96. The Bertz CT molecular complexity index is 622. The molecule has 0 saturated carbocycles. The molecule has 1 unspecified atom stereocenters. The van der Waals surface area contributed by atoms with Crippen LogP contribution in [0.2, 0.25) is 0 Å². The third-order valence-corrected chi connectivity index (χ3v) is 3.03. The summed E-state index contributed by atoms with van der Waals surface area (Å²) in [5.41, 5.74) is 6.89. The maximum Gasteiger partial charge on any atom is 0.329 e. The summed E-state index contributed by atoms with van der Waals surface area (Å²) in [6, 6.07) is 3.53. The molecule has 0 bridgehead atoms. The van der Waals surface area contributed by atoms with E-state index in [9.17, 15) is 9.18 Å². The van der Waals surface area contributed by atoms with Gasteiger partial charge in [0.05, 0.1) is 18.1 Å². The number of esters is 1. The van der Waals surface area contributed by atoms with Gasteiger partial charge in [0, 0.05) is 0 Å². The number of aromatic nitrogens is 2. The monoisotopic (exact) mass is 265 g/mol. The van der Waals surface area contributed by atoms with Gasteiger partial charge in [-0.3, -0.25) is 4.57 Å². The van der Waals surface area contributed by atoms with Gasteiger partial charge in [0.1, 0.15) is 11.9 Å². The van der Waals surface area contributed by atoms with E-state index in [4.69, 9.17) is 10.5 Å². The fraction of sp³-hybridized carbons (Fsp3) is 0.385. The highest BCUT2D eigenvalue weighted by molar-refractivity contribution is 5.83. The molecule has 0 radical (unpaired) electrons. The number of carbonyl (C=O) groups excluding carboxylic acids is 1. The predicted octanol–water partition coefficient (Wildman–Crippen LogP) is 2.13. The van der Waals surface area contributed by atoms with Crippen molar-refractivity contribution in [3.8, 4) is 0 Å². The number of hydrogen-bond acceptors (Lipinski definition) is 4.